The number of imide groups is 1. The Bertz CT molecular complexity index is 920. The van der Waals surface area contributed by atoms with Gasteiger partial charge in [-0.2, -0.15) is 0 Å². The van der Waals surface area contributed by atoms with Crippen molar-refractivity contribution in [2.24, 2.45) is 0 Å². The highest BCUT2D eigenvalue weighted by Gasteiger charge is 2.47. The Labute approximate surface area is 177 Å². The summed E-state index contributed by atoms with van der Waals surface area (Å²) in [6, 6.07) is 15.2. The molecule has 1 saturated heterocycles. The van der Waals surface area contributed by atoms with E-state index in [0.29, 0.717) is 12.8 Å². The number of anilines is 1. The van der Waals surface area contributed by atoms with Crippen LogP contribution >= 0.6 is 0 Å². The number of amides is 4. The third-order valence-corrected chi connectivity index (χ3v) is 5.67. The van der Waals surface area contributed by atoms with Crippen molar-refractivity contribution in [3.05, 3.63) is 65.2 Å². The Balaban J connectivity index is 1.67. The molecule has 0 aliphatic carbocycles. The van der Waals surface area contributed by atoms with Gasteiger partial charge in [-0.05, 0) is 49.3 Å². The number of nitrogens with zero attached hydrogens (tertiary/aromatic N) is 1. The number of aryl methyl sites for hydroxylation is 3. The number of hydrogen-bond acceptors (Lipinski definition) is 3. The number of para-hydroxylation sites is 1. The standard InChI is InChI=1S/C24H29N3O3/c1-4-18-12-9-13-19(5-2)21(18)25-20(28)16-27-22(29)24(3,26-23(27)30)15-14-17-10-7-6-8-11-17/h6-13H,4-5,14-16H2,1-3H3,(H,25,28)(H,26,30)/t24-/m1/s1. The number of urea groups is 1. The molecule has 0 bridgehead atoms. The van der Waals surface area contributed by atoms with Crippen LogP contribution in [0.5, 0.6) is 0 Å². The average Bonchev–Trinajstić information content (AvgIpc) is 2.96. The van der Waals surface area contributed by atoms with Gasteiger partial charge in [0.15, 0.2) is 0 Å². The number of benzene rings is 2. The minimum atomic E-state index is -1.01. The first-order valence-corrected chi connectivity index (χ1v) is 10.5. The summed E-state index contributed by atoms with van der Waals surface area (Å²) in [5, 5.41) is 5.69. The molecule has 158 valence electrons. The molecular weight excluding hydrogens is 378 g/mol. The zero-order valence-electron chi connectivity index (χ0n) is 17.8. The highest BCUT2D eigenvalue weighted by molar-refractivity contribution is 6.10. The van der Waals surface area contributed by atoms with Crippen LogP contribution in [0.15, 0.2) is 48.5 Å². The third-order valence-electron chi connectivity index (χ3n) is 5.67. The molecule has 1 aliphatic heterocycles. The lowest BCUT2D eigenvalue weighted by atomic mass is 9.93. The molecule has 4 amide bonds. The summed E-state index contributed by atoms with van der Waals surface area (Å²) in [6.45, 7) is 5.47. The van der Waals surface area contributed by atoms with Crippen LogP contribution < -0.4 is 10.6 Å². The van der Waals surface area contributed by atoms with Gasteiger partial charge in [0.25, 0.3) is 5.91 Å². The van der Waals surface area contributed by atoms with Crippen molar-refractivity contribution in [3.63, 3.8) is 0 Å². The Hall–Kier alpha value is -3.15. The van der Waals surface area contributed by atoms with E-state index in [1.165, 1.54) is 0 Å². The van der Waals surface area contributed by atoms with Crippen LogP contribution in [0.3, 0.4) is 0 Å². The van der Waals surface area contributed by atoms with Gasteiger partial charge in [-0.1, -0.05) is 62.4 Å². The summed E-state index contributed by atoms with van der Waals surface area (Å²) in [6.07, 6.45) is 2.69. The Kier molecular flexibility index (Phi) is 6.55. The van der Waals surface area contributed by atoms with E-state index in [1.807, 2.05) is 62.4 Å². The monoisotopic (exact) mass is 407 g/mol. The highest BCUT2D eigenvalue weighted by atomic mass is 16.2. The van der Waals surface area contributed by atoms with E-state index in [-0.39, 0.29) is 18.4 Å². The number of carbonyl (C=O) groups excluding carboxylic acids is 3. The maximum atomic E-state index is 13.0. The first-order valence-electron chi connectivity index (χ1n) is 10.5. The molecule has 1 fully saturated rings. The van der Waals surface area contributed by atoms with Crippen molar-refractivity contribution in [2.75, 3.05) is 11.9 Å². The molecule has 0 aromatic heterocycles. The fourth-order valence-electron chi connectivity index (χ4n) is 3.82. The van der Waals surface area contributed by atoms with Gasteiger partial charge in [0, 0.05) is 5.69 Å². The highest BCUT2D eigenvalue weighted by Crippen LogP contribution is 2.25. The van der Waals surface area contributed by atoms with Crippen molar-refractivity contribution in [3.8, 4) is 0 Å². The smallest absolute Gasteiger partial charge is 0.324 e. The van der Waals surface area contributed by atoms with Crippen LogP contribution in [0.25, 0.3) is 0 Å². The molecule has 6 heteroatoms. The summed E-state index contributed by atoms with van der Waals surface area (Å²) in [4.78, 5) is 39.1. The average molecular weight is 408 g/mol. The Morgan fingerprint density at radius 2 is 1.63 bits per heavy atom. The van der Waals surface area contributed by atoms with E-state index in [1.54, 1.807) is 6.92 Å². The Morgan fingerprint density at radius 3 is 2.23 bits per heavy atom. The van der Waals surface area contributed by atoms with Crippen LogP contribution in [0.4, 0.5) is 10.5 Å². The maximum absolute atomic E-state index is 13.0. The first-order chi connectivity index (χ1) is 14.4. The van der Waals surface area contributed by atoms with Crippen LogP contribution in [0.1, 0.15) is 43.9 Å². The van der Waals surface area contributed by atoms with Crippen molar-refractivity contribution in [1.29, 1.82) is 0 Å². The lowest BCUT2D eigenvalue weighted by molar-refractivity contribution is -0.133. The van der Waals surface area contributed by atoms with Crippen molar-refractivity contribution in [2.45, 2.75) is 52.0 Å². The topological polar surface area (TPSA) is 78.5 Å². The molecule has 2 N–H and O–H groups in total. The quantitative estimate of drug-likeness (QED) is 0.655. The zero-order chi connectivity index (χ0) is 21.7. The first kappa shape index (κ1) is 21.6. The van der Waals surface area contributed by atoms with Gasteiger partial charge in [-0.25, -0.2) is 4.79 Å². The molecule has 3 rings (SSSR count). The van der Waals surface area contributed by atoms with Crippen LogP contribution in [0.2, 0.25) is 0 Å². The molecule has 0 unspecified atom stereocenters. The van der Waals surface area contributed by atoms with Gasteiger partial charge in [0.1, 0.15) is 12.1 Å². The van der Waals surface area contributed by atoms with Crippen molar-refractivity contribution >= 4 is 23.5 Å². The van der Waals surface area contributed by atoms with Gasteiger partial charge >= 0.3 is 6.03 Å². The molecule has 0 saturated carbocycles. The second-order valence-electron chi connectivity index (χ2n) is 7.85. The van der Waals surface area contributed by atoms with Gasteiger partial charge < -0.3 is 10.6 Å². The van der Waals surface area contributed by atoms with E-state index in [2.05, 4.69) is 10.6 Å². The van der Waals surface area contributed by atoms with E-state index in [4.69, 9.17) is 0 Å². The van der Waals surface area contributed by atoms with Crippen LogP contribution in [-0.4, -0.2) is 34.8 Å². The molecule has 1 heterocycles. The minimum Gasteiger partial charge on any atom is -0.324 e. The summed E-state index contributed by atoms with van der Waals surface area (Å²) >= 11 is 0. The van der Waals surface area contributed by atoms with Crippen molar-refractivity contribution < 1.29 is 14.4 Å². The molecule has 30 heavy (non-hydrogen) atoms. The van der Waals surface area contributed by atoms with Crippen LogP contribution in [-0.2, 0) is 28.9 Å². The number of rotatable bonds is 8. The number of nitrogens with one attached hydrogen (secondary N) is 2. The largest absolute Gasteiger partial charge is 0.325 e. The van der Waals surface area contributed by atoms with Gasteiger partial charge in [-0.3, -0.25) is 14.5 Å². The lowest BCUT2D eigenvalue weighted by Gasteiger charge is -2.22. The summed E-state index contributed by atoms with van der Waals surface area (Å²) in [5.41, 5.74) is 2.94. The molecule has 0 radical (unpaired) electrons. The summed E-state index contributed by atoms with van der Waals surface area (Å²) in [5.74, 6) is -0.737. The number of hydrogen-bond donors (Lipinski definition) is 2. The van der Waals surface area contributed by atoms with Gasteiger partial charge in [-0.15, -0.1) is 0 Å². The lowest BCUT2D eigenvalue weighted by Crippen LogP contribution is -2.45. The number of carbonyl (C=O) groups is 3. The molecule has 2 aromatic rings. The van der Waals surface area contributed by atoms with Crippen molar-refractivity contribution in [1.82, 2.24) is 10.2 Å². The fraction of sp³-hybridized carbons (Fsp3) is 0.375. The summed E-state index contributed by atoms with van der Waals surface area (Å²) < 4.78 is 0. The normalized spacial score (nSPS) is 18.4. The predicted molar refractivity (Wildman–Crippen MR) is 117 cm³/mol. The molecule has 1 aliphatic rings. The van der Waals surface area contributed by atoms with Gasteiger partial charge in [0.2, 0.25) is 5.91 Å². The fourth-order valence-corrected chi connectivity index (χ4v) is 3.82. The second kappa shape index (κ2) is 9.11. The summed E-state index contributed by atoms with van der Waals surface area (Å²) in [7, 11) is 0. The molecule has 1 atom stereocenters. The zero-order valence-corrected chi connectivity index (χ0v) is 17.8. The van der Waals surface area contributed by atoms with E-state index in [9.17, 15) is 14.4 Å². The minimum absolute atomic E-state index is 0.299. The Morgan fingerprint density at radius 1 is 1.00 bits per heavy atom. The predicted octanol–water partition coefficient (Wildman–Crippen LogP) is 3.69. The van der Waals surface area contributed by atoms with Crippen LogP contribution in [0, 0.1) is 0 Å². The van der Waals surface area contributed by atoms with E-state index in [0.717, 1.165) is 40.1 Å². The SMILES string of the molecule is CCc1cccc(CC)c1NC(=O)CN1C(=O)N[C@](C)(CCc2ccccc2)C1=O. The van der Waals surface area contributed by atoms with Gasteiger partial charge in [0.05, 0.1) is 0 Å². The van der Waals surface area contributed by atoms with E-state index >= 15 is 0 Å². The molecule has 0 spiro atoms. The molecular formula is C24H29N3O3. The second-order valence-corrected chi connectivity index (χ2v) is 7.85. The molecule has 6 nitrogen and oxygen atoms in total. The third kappa shape index (κ3) is 4.53. The van der Waals surface area contributed by atoms with E-state index < -0.39 is 11.6 Å². The molecule has 2 aromatic carbocycles. The maximum Gasteiger partial charge on any atom is 0.325 e.